The summed E-state index contributed by atoms with van der Waals surface area (Å²) in [7, 11) is 4.15. The van der Waals surface area contributed by atoms with Gasteiger partial charge in [0.15, 0.2) is 0 Å². The number of rotatable bonds is 20. The predicted octanol–water partition coefficient (Wildman–Crippen LogP) is 13.8. The highest BCUT2D eigenvalue weighted by atomic mass is 35.5. The zero-order valence-corrected chi connectivity index (χ0v) is 48.0. The van der Waals surface area contributed by atoms with Gasteiger partial charge in [-0.2, -0.15) is 0 Å². The van der Waals surface area contributed by atoms with Crippen LogP contribution in [-0.2, 0) is 16.0 Å². The molecule has 0 radical (unpaired) electrons. The molecule has 0 bridgehead atoms. The number of nitrogens with one attached hydrogen (secondary N) is 4. The first-order valence-electron chi connectivity index (χ1n) is 24.8. The molecule has 72 heavy (non-hydrogen) atoms. The Balaban J connectivity index is 0.000000451. The number of nitrogens with zero attached hydrogens (tertiary/aromatic N) is 4. The third-order valence-electron chi connectivity index (χ3n) is 11.5. The smallest absolute Gasteiger partial charge is 0.300 e. The molecule has 0 fully saturated rings. The summed E-state index contributed by atoms with van der Waals surface area (Å²) in [6.07, 6.45) is 11.1. The average Bonchev–Trinajstić information content (AvgIpc) is 3.72. The molecule has 5 N–H and O–H groups in total. The van der Waals surface area contributed by atoms with Gasteiger partial charge >= 0.3 is 0 Å². The molecule has 2 amide bonds. The number of halogens is 2. The van der Waals surface area contributed by atoms with Crippen molar-refractivity contribution in [2.24, 2.45) is 9.98 Å². The fourth-order valence-electron chi connectivity index (χ4n) is 7.18. The number of amidine groups is 2. The molecular formula is C56H80Cl2N8O4S2. The summed E-state index contributed by atoms with van der Waals surface area (Å²) in [5.41, 5.74) is 9.06. The number of thiophene rings is 2. The van der Waals surface area contributed by atoms with Gasteiger partial charge in [0.25, 0.3) is 11.9 Å². The van der Waals surface area contributed by atoms with Crippen LogP contribution in [0.15, 0.2) is 70.7 Å². The molecule has 2 aromatic heterocycles. The maximum Gasteiger partial charge on any atom is 0.300 e. The van der Waals surface area contributed by atoms with Crippen LogP contribution in [0.1, 0.15) is 159 Å². The van der Waals surface area contributed by atoms with Gasteiger partial charge in [-0.3, -0.25) is 40.1 Å². The molecule has 394 valence electrons. The highest BCUT2D eigenvalue weighted by Crippen LogP contribution is 2.40. The number of carbonyl (C=O) groups is 3. The molecule has 1 aliphatic rings. The summed E-state index contributed by atoms with van der Waals surface area (Å²) in [4.78, 5) is 49.8. The molecule has 0 saturated carbocycles. The van der Waals surface area contributed by atoms with Gasteiger partial charge in [0, 0.05) is 75.0 Å². The molecule has 3 heterocycles. The molecule has 16 heteroatoms. The highest BCUT2D eigenvalue weighted by molar-refractivity contribution is 7.19. The largest absolute Gasteiger partial charge is 0.481 e. The SMILES string of the molecule is C=C(C)CN=C(c1ccc(Cl)cc1)c1c(CCC)sc(C)c1C.CC(=N)N1C(=N)CN=C(c2ccc(Cl)cc2)c2c1sc(C(=O)NCCCCCCCCCCNC(C)=O)c2C.CC(=O)O.CC(C)N(C)C. The molecule has 0 spiro atoms. The van der Waals surface area contributed by atoms with Crippen molar-refractivity contribution in [3.63, 3.8) is 0 Å². The molecule has 0 saturated heterocycles. The Morgan fingerprint density at radius 3 is 1.82 bits per heavy atom. The monoisotopic (exact) mass is 1060 g/mol. The number of carboxylic acids is 1. The molecular weight excluding hydrogens is 984 g/mol. The zero-order chi connectivity index (χ0) is 54.1. The number of carbonyl (C=O) groups excluding carboxylic acids is 2. The van der Waals surface area contributed by atoms with Crippen LogP contribution in [-0.4, -0.2) is 97.2 Å². The Kier molecular flexibility index (Phi) is 28.9. The summed E-state index contributed by atoms with van der Waals surface area (Å²) in [6.45, 7) is 25.3. The van der Waals surface area contributed by atoms with Crippen molar-refractivity contribution in [2.75, 3.05) is 45.2 Å². The van der Waals surface area contributed by atoms with Crippen molar-refractivity contribution in [2.45, 2.75) is 139 Å². The van der Waals surface area contributed by atoms with Crippen molar-refractivity contribution in [1.29, 1.82) is 10.8 Å². The minimum absolute atomic E-state index is 0.0341. The number of fused-ring (bicyclic) bond motifs is 1. The number of aliphatic carboxylic acids is 1. The predicted molar refractivity (Wildman–Crippen MR) is 309 cm³/mol. The molecule has 0 unspecified atom stereocenters. The number of benzene rings is 2. The van der Waals surface area contributed by atoms with E-state index in [1.165, 1.54) is 51.5 Å². The van der Waals surface area contributed by atoms with Crippen LogP contribution in [0, 0.1) is 31.6 Å². The van der Waals surface area contributed by atoms with E-state index in [-0.39, 0.29) is 30.0 Å². The fraction of sp³-hybridized carbons (Fsp3) is 0.482. The first kappa shape index (κ1) is 63.1. The molecule has 0 aliphatic carbocycles. The molecule has 4 aromatic rings. The van der Waals surface area contributed by atoms with Crippen molar-refractivity contribution in [3.05, 3.63) is 119 Å². The third-order valence-corrected chi connectivity index (χ3v) is 14.5. The van der Waals surface area contributed by atoms with Crippen LogP contribution in [0.5, 0.6) is 0 Å². The Labute approximate surface area is 448 Å². The van der Waals surface area contributed by atoms with Gasteiger partial charge in [0.1, 0.15) is 16.7 Å². The van der Waals surface area contributed by atoms with Crippen LogP contribution in [0.4, 0.5) is 5.00 Å². The van der Waals surface area contributed by atoms with Gasteiger partial charge in [-0.25, -0.2) is 0 Å². The lowest BCUT2D eigenvalue weighted by Gasteiger charge is -2.21. The Hall–Kier alpha value is -4.99. The van der Waals surface area contributed by atoms with Crippen LogP contribution in [0.3, 0.4) is 0 Å². The minimum atomic E-state index is -0.833. The average molecular weight is 1060 g/mol. The summed E-state index contributed by atoms with van der Waals surface area (Å²) < 4.78 is 0. The molecule has 0 atom stereocenters. The van der Waals surface area contributed by atoms with Gasteiger partial charge in [-0.15, -0.1) is 22.7 Å². The maximum absolute atomic E-state index is 13.2. The second kappa shape index (κ2) is 33.0. The maximum atomic E-state index is 13.2. The fourth-order valence-corrected chi connectivity index (χ4v) is 10.0. The van der Waals surface area contributed by atoms with E-state index < -0.39 is 5.97 Å². The van der Waals surface area contributed by atoms with Crippen molar-refractivity contribution in [3.8, 4) is 0 Å². The third kappa shape index (κ3) is 21.6. The van der Waals surface area contributed by atoms with E-state index in [0.29, 0.717) is 39.7 Å². The van der Waals surface area contributed by atoms with Gasteiger partial charge in [0.05, 0.1) is 29.4 Å². The topological polar surface area (TPSA) is 174 Å². The first-order chi connectivity index (χ1) is 34.0. The van der Waals surface area contributed by atoms with Gasteiger partial charge in [-0.1, -0.05) is 111 Å². The molecule has 12 nitrogen and oxygen atoms in total. The number of anilines is 1. The number of aliphatic imine (C=N–C) groups is 2. The van der Waals surface area contributed by atoms with E-state index >= 15 is 0 Å². The highest BCUT2D eigenvalue weighted by Gasteiger charge is 2.31. The number of amides is 2. The molecule has 2 aromatic carbocycles. The van der Waals surface area contributed by atoms with E-state index in [4.69, 9.17) is 53.9 Å². The van der Waals surface area contributed by atoms with E-state index in [1.807, 2.05) is 49.4 Å². The lowest BCUT2D eigenvalue weighted by molar-refractivity contribution is -0.134. The van der Waals surface area contributed by atoms with Crippen molar-refractivity contribution in [1.82, 2.24) is 15.5 Å². The van der Waals surface area contributed by atoms with Crippen LogP contribution >= 0.6 is 45.9 Å². The second-order valence-corrected chi connectivity index (χ2v) is 21.6. The van der Waals surface area contributed by atoms with Crippen LogP contribution in [0.25, 0.3) is 0 Å². The lowest BCUT2D eigenvalue weighted by atomic mass is 9.97. The molecule has 1 aliphatic heterocycles. The summed E-state index contributed by atoms with van der Waals surface area (Å²) in [5.74, 6) is -0.510. The quantitative estimate of drug-likeness (QED) is 0.0255. The Morgan fingerprint density at radius 2 is 1.35 bits per heavy atom. The second-order valence-electron chi connectivity index (χ2n) is 18.4. The number of hydrogen-bond acceptors (Lipinski definition) is 10. The molecule has 5 rings (SSSR count). The van der Waals surface area contributed by atoms with Gasteiger partial charge < -0.3 is 20.6 Å². The summed E-state index contributed by atoms with van der Waals surface area (Å²) in [5, 5.41) is 32.2. The van der Waals surface area contributed by atoms with Gasteiger partial charge in [-0.05, 0) is 117 Å². The number of hydrogen-bond donors (Lipinski definition) is 5. The number of aryl methyl sites for hydroxylation is 2. The number of carboxylic acid groups (broad SMARTS) is 1. The van der Waals surface area contributed by atoms with E-state index in [0.717, 1.165) is 97.0 Å². The zero-order valence-electron chi connectivity index (χ0n) is 44.8. The van der Waals surface area contributed by atoms with E-state index in [9.17, 15) is 9.59 Å². The van der Waals surface area contributed by atoms with Crippen molar-refractivity contribution >= 4 is 91.8 Å². The Morgan fingerprint density at radius 1 is 0.847 bits per heavy atom. The lowest BCUT2D eigenvalue weighted by Crippen LogP contribution is -2.35. The van der Waals surface area contributed by atoms with E-state index in [1.54, 1.807) is 30.9 Å². The van der Waals surface area contributed by atoms with Gasteiger partial charge in [0.2, 0.25) is 5.91 Å². The normalized spacial score (nSPS) is 12.1. The number of unbranched alkanes of at least 4 members (excludes halogenated alkanes) is 7. The minimum Gasteiger partial charge on any atom is -0.481 e. The van der Waals surface area contributed by atoms with Crippen molar-refractivity contribution < 1.29 is 19.5 Å². The van der Waals surface area contributed by atoms with Crippen LogP contribution < -0.4 is 15.5 Å². The van der Waals surface area contributed by atoms with E-state index in [2.05, 4.69) is 83.0 Å². The summed E-state index contributed by atoms with van der Waals surface area (Å²) >= 11 is 15.4. The standard InChI is InChI=1S/C29H39ClN6O2S.C20H24ClNS.C5H13N.C2H4O2/c1-19-25-26(22-12-14-23(30)15-13-22)35-18-24(32)36(20(2)31)29(25)39-27(19)28(38)34-17-11-9-7-5-4-6-8-10-16-33-21(3)37;1-6-7-18-19(14(4)15(5)23-18)20(22-12-13(2)3)16-8-10-17(21)11-9-16;1-5(2)6(3)4;1-2(3)4/h12-15,31-32H,4-11,16-18H2,1-3H3,(H,33,37)(H,34,38);8-11H,2,6-7,12H2,1,3-5H3;5H,1-4H3;1H3,(H,3,4). The van der Waals surface area contributed by atoms with Crippen LogP contribution in [0.2, 0.25) is 10.0 Å². The summed E-state index contributed by atoms with van der Waals surface area (Å²) in [6, 6.07) is 16.1. The first-order valence-corrected chi connectivity index (χ1v) is 27.2. The Bertz CT molecular complexity index is 2460.